The summed E-state index contributed by atoms with van der Waals surface area (Å²) in [5.41, 5.74) is 4.79. The monoisotopic (exact) mass is 273 g/mol. The molecule has 1 heterocycles. The number of benzene rings is 1. The maximum absolute atomic E-state index is 12.5. The molecule has 1 aromatic carbocycles. The number of nitrogens with two attached hydrogens (primary N) is 1. The molecule has 0 saturated carbocycles. The molecule has 0 radical (unpaired) electrons. The summed E-state index contributed by atoms with van der Waals surface area (Å²) in [6, 6.07) is 5.52. The lowest BCUT2D eigenvalue weighted by Crippen LogP contribution is -2.28. The molecule has 0 aliphatic rings. The Morgan fingerprint density at radius 2 is 2.25 bits per heavy atom. The van der Waals surface area contributed by atoms with Gasteiger partial charge in [-0.3, -0.25) is 10.6 Å². The topological polar surface area (TPSA) is 76.2 Å². The average molecular weight is 273 g/mol. The van der Waals surface area contributed by atoms with Gasteiger partial charge in [-0.25, -0.2) is 4.98 Å². The van der Waals surface area contributed by atoms with Gasteiger partial charge in [0.1, 0.15) is 5.82 Å². The molecule has 0 aliphatic carbocycles. The number of anilines is 1. The van der Waals surface area contributed by atoms with E-state index in [2.05, 4.69) is 10.4 Å². The maximum Gasteiger partial charge on any atom is 0.256 e. The van der Waals surface area contributed by atoms with E-state index >= 15 is 0 Å². The molecule has 2 rings (SSSR count). The molecule has 0 atom stereocenters. The third kappa shape index (κ3) is 2.80. The summed E-state index contributed by atoms with van der Waals surface area (Å²) < 4.78 is 1.89. The normalized spacial score (nSPS) is 10.4. The molecule has 2 aromatic rings. The van der Waals surface area contributed by atoms with Crippen LogP contribution in [0.1, 0.15) is 21.7 Å². The van der Waals surface area contributed by atoms with Gasteiger partial charge in [-0.15, -0.1) is 0 Å². The van der Waals surface area contributed by atoms with Crippen LogP contribution in [0.4, 0.5) is 5.69 Å². The van der Waals surface area contributed by atoms with Crippen LogP contribution in [0.2, 0.25) is 0 Å². The number of nitrogens with one attached hydrogen (secondary N) is 1. The number of carbonyl (C=O) groups is 1. The van der Waals surface area contributed by atoms with E-state index in [0.717, 1.165) is 11.4 Å². The quantitative estimate of drug-likeness (QED) is 0.650. The predicted octanol–water partition coefficient (Wildman–Crippen LogP) is 1.29. The van der Waals surface area contributed by atoms with Crippen molar-refractivity contribution in [1.82, 2.24) is 14.5 Å². The Morgan fingerprint density at radius 1 is 1.50 bits per heavy atom. The van der Waals surface area contributed by atoms with Gasteiger partial charge in [0.25, 0.3) is 5.91 Å². The van der Waals surface area contributed by atoms with E-state index in [0.29, 0.717) is 17.8 Å². The minimum Gasteiger partial charge on any atom is -0.337 e. The van der Waals surface area contributed by atoms with Crippen LogP contribution in [-0.2, 0) is 13.6 Å². The number of amides is 1. The van der Waals surface area contributed by atoms with Crippen molar-refractivity contribution in [3.63, 3.8) is 0 Å². The fourth-order valence-electron chi connectivity index (χ4n) is 2.00. The number of nitrogen functional groups attached to an aromatic ring is 1. The molecule has 6 nitrogen and oxygen atoms in total. The first-order valence-corrected chi connectivity index (χ1v) is 6.32. The van der Waals surface area contributed by atoms with Crippen LogP contribution in [-0.4, -0.2) is 27.4 Å². The average Bonchev–Trinajstić information content (AvgIpc) is 2.83. The minimum atomic E-state index is -0.0963. The molecule has 0 saturated heterocycles. The number of carbonyl (C=O) groups excluding carboxylic acids is 1. The van der Waals surface area contributed by atoms with Gasteiger partial charge in [-0.2, -0.15) is 0 Å². The number of rotatable bonds is 4. The van der Waals surface area contributed by atoms with Crippen molar-refractivity contribution in [1.29, 1.82) is 0 Å². The molecular formula is C14H19N5O. The number of hydrogen-bond donors (Lipinski definition) is 2. The van der Waals surface area contributed by atoms with Crippen molar-refractivity contribution in [2.24, 2.45) is 12.9 Å². The maximum atomic E-state index is 12.5. The van der Waals surface area contributed by atoms with E-state index < -0.39 is 0 Å². The van der Waals surface area contributed by atoms with E-state index in [9.17, 15) is 4.79 Å². The number of nitrogens with zero attached hydrogens (tertiary/aromatic N) is 3. The molecule has 106 valence electrons. The van der Waals surface area contributed by atoms with Crippen LogP contribution < -0.4 is 11.3 Å². The molecule has 6 heteroatoms. The first-order chi connectivity index (χ1) is 9.52. The lowest BCUT2D eigenvalue weighted by atomic mass is 10.1. The molecule has 0 fully saturated rings. The smallest absolute Gasteiger partial charge is 0.256 e. The first-order valence-electron chi connectivity index (χ1n) is 6.32. The molecule has 1 amide bonds. The van der Waals surface area contributed by atoms with Crippen molar-refractivity contribution >= 4 is 11.6 Å². The summed E-state index contributed by atoms with van der Waals surface area (Å²) >= 11 is 0. The van der Waals surface area contributed by atoms with Crippen molar-refractivity contribution in [2.75, 3.05) is 12.5 Å². The second-order valence-electron chi connectivity index (χ2n) is 4.81. The second kappa shape index (κ2) is 5.75. The minimum absolute atomic E-state index is 0.0963. The van der Waals surface area contributed by atoms with Gasteiger partial charge in [0.05, 0.1) is 17.8 Å². The molecule has 0 unspecified atom stereocenters. The van der Waals surface area contributed by atoms with Gasteiger partial charge >= 0.3 is 0 Å². The Hall–Kier alpha value is -2.34. The molecular weight excluding hydrogens is 254 g/mol. The van der Waals surface area contributed by atoms with Crippen molar-refractivity contribution in [2.45, 2.75) is 13.5 Å². The van der Waals surface area contributed by atoms with E-state index in [4.69, 9.17) is 5.84 Å². The van der Waals surface area contributed by atoms with Gasteiger partial charge in [-0.1, -0.05) is 6.07 Å². The Morgan fingerprint density at radius 3 is 2.85 bits per heavy atom. The summed E-state index contributed by atoms with van der Waals surface area (Å²) in [7, 11) is 3.65. The standard InChI is InChI=1S/C14H19N5O/c1-10-4-5-11(12(8-10)17-15)14(20)19(3)9-13-16-6-7-18(13)2/h4-8,17H,9,15H2,1-3H3. The fraction of sp³-hybridized carbons (Fsp3) is 0.286. The van der Waals surface area contributed by atoms with E-state index in [1.807, 2.05) is 36.9 Å². The van der Waals surface area contributed by atoms with Gasteiger partial charge in [0.15, 0.2) is 0 Å². The molecule has 0 bridgehead atoms. The lowest BCUT2D eigenvalue weighted by Gasteiger charge is -2.19. The van der Waals surface area contributed by atoms with Gasteiger partial charge < -0.3 is 14.9 Å². The zero-order chi connectivity index (χ0) is 14.7. The van der Waals surface area contributed by atoms with Crippen molar-refractivity contribution in [3.05, 3.63) is 47.5 Å². The summed E-state index contributed by atoms with van der Waals surface area (Å²) in [6.07, 6.45) is 3.57. The lowest BCUT2D eigenvalue weighted by molar-refractivity contribution is 0.0781. The second-order valence-corrected chi connectivity index (χ2v) is 4.81. The molecule has 1 aromatic heterocycles. The van der Waals surface area contributed by atoms with Crippen molar-refractivity contribution in [3.8, 4) is 0 Å². The highest BCUT2D eigenvalue weighted by molar-refractivity contribution is 5.99. The number of hydrazine groups is 1. The highest BCUT2D eigenvalue weighted by Crippen LogP contribution is 2.18. The zero-order valence-corrected chi connectivity index (χ0v) is 11.9. The van der Waals surface area contributed by atoms with Gasteiger partial charge in [-0.05, 0) is 24.6 Å². The Bertz CT molecular complexity index is 620. The third-order valence-electron chi connectivity index (χ3n) is 3.21. The molecule has 0 aliphatic heterocycles. The highest BCUT2D eigenvalue weighted by atomic mass is 16.2. The van der Waals surface area contributed by atoms with Crippen molar-refractivity contribution < 1.29 is 4.79 Å². The largest absolute Gasteiger partial charge is 0.337 e. The first kappa shape index (κ1) is 14.1. The third-order valence-corrected chi connectivity index (χ3v) is 3.21. The highest BCUT2D eigenvalue weighted by Gasteiger charge is 2.17. The van der Waals surface area contributed by atoms with E-state index in [-0.39, 0.29) is 5.91 Å². The summed E-state index contributed by atoms with van der Waals surface area (Å²) in [5.74, 6) is 6.21. The molecule has 3 N–H and O–H groups in total. The van der Waals surface area contributed by atoms with Gasteiger partial charge in [0, 0.05) is 26.5 Å². The number of imidazole rings is 1. The van der Waals surface area contributed by atoms with Crippen LogP contribution in [0, 0.1) is 6.92 Å². The summed E-state index contributed by atoms with van der Waals surface area (Å²) in [6.45, 7) is 2.40. The Balaban J connectivity index is 2.20. The van der Waals surface area contributed by atoms with Crippen LogP contribution in [0.15, 0.2) is 30.6 Å². The number of aryl methyl sites for hydroxylation is 2. The predicted molar refractivity (Wildman–Crippen MR) is 78.0 cm³/mol. The molecule has 0 spiro atoms. The number of aromatic nitrogens is 2. The van der Waals surface area contributed by atoms with Crippen LogP contribution >= 0.6 is 0 Å². The van der Waals surface area contributed by atoms with Gasteiger partial charge in [0.2, 0.25) is 0 Å². The number of hydrogen-bond acceptors (Lipinski definition) is 4. The Kier molecular flexibility index (Phi) is 4.05. The fourth-order valence-corrected chi connectivity index (χ4v) is 2.00. The molecule has 20 heavy (non-hydrogen) atoms. The van der Waals surface area contributed by atoms with Crippen LogP contribution in [0.5, 0.6) is 0 Å². The Labute approximate surface area is 118 Å². The van der Waals surface area contributed by atoms with Crippen LogP contribution in [0.3, 0.4) is 0 Å². The van der Waals surface area contributed by atoms with E-state index in [1.165, 1.54) is 0 Å². The summed E-state index contributed by atoms with van der Waals surface area (Å²) in [5, 5.41) is 0. The summed E-state index contributed by atoms with van der Waals surface area (Å²) in [4.78, 5) is 18.3. The van der Waals surface area contributed by atoms with Crippen LogP contribution in [0.25, 0.3) is 0 Å². The SMILES string of the molecule is Cc1ccc(C(=O)N(C)Cc2nccn2C)c(NN)c1. The zero-order valence-electron chi connectivity index (χ0n) is 11.9. The van der Waals surface area contributed by atoms with E-state index in [1.54, 1.807) is 24.2 Å².